The van der Waals surface area contributed by atoms with Crippen molar-refractivity contribution in [2.45, 2.75) is 79.6 Å². The summed E-state index contributed by atoms with van der Waals surface area (Å²) in [5.74, 6) is 4.61. The van der Waals surface area contributed by atoms with Crippen LogP contribution in [-0.4, -0.2) is 12.6 Å². The van der Waals surface area contributed by atoms with Crippen molar-refractivity contribution < 1.29 is 9.53 Å². The van der Waals surface area contributed by atoms with Gasteiger partial charge in [-0.1, -0.05) is 58.8 Å². The Bertz CT molecular complexity index is 451. The highest BCUT2D eigenvalue weighted by Crippen LogP contribution is 2.51. The van der Waals surface area contributed by atoms with E-state index in [2.05, 4.69) is 44.4 Å². The molecule has 5 atom stereocenters. The molecule has 156 valence electrons. The topological polar surface area (TPSA) is 26.3 Å². The standard InChI is InChI=1S/C16H26.C5H8O2.C2H6.C2H4/c1-11-6-8-15-13(10-11)7-9-14-12(2)4-3-5-16(14)15;1-3-5(6)7-4-2;2*1-2/h8,11-14,16H,3-7,9-10H2,1-2H3;3H,1,4H2,2H3;1-2H3;1-2H2. The van der Waals surface area contributed by atoms with E-state index in [9.17, 15) is 4.79 Å². The number of allylic oxidation sites excluding steroid dienone is 2. The summed E-state index contributed by atoms with van der Waals surface area (Å²) in [5, 5.41) is 0. The molecule has 3 aliphatic rings. The zero-order valence-electron chi connectivity index (χ0n) is 18.6. The van der Waals surface area contributed by atoms with Gasteiger partial charge in [-0.05, 0) is 68.6 Å². The number of esters is 1. The van der Waals surface area contributed by atoms with Gasteiger partial charge in [0.1, 0.15) is 0 Å². The Morgan fingerprint density at radius 1 is 1.19 bits per heavy atom. The van der Waals surface area contributed by atoms with Crippen LogP contribution in [0, 0.1) is 29.6 Å². The van der Waals surface area contributed by atoms with Crippen LogP contribution >= 0.6 is 0 Å². The van der Waals surface area contributed by atoms with E-state index in [-0.39, 0.29) is 5.97 Å². The molecular formula is C25H44O2. The van der Waals surface area contributed by atoms with Crippen molar-refractivity contribution in [3.63, 3.8) is 0 Å². The lowest BCUT2D eigenvalue weighted by atomic mass is 9.58. The van der Waals surface area contributed by atoms with E-state index in [0.717, 1.165) is 35.7 Å². The van der Waals surface area contributed by atoms with E-state index < -0.39 is 0 Å². The van der Waals surface area contributed by atoms with Crippen molar-refractivity contribution in [3.8, 4) is 0 Å². The van der Waals surface area contributed by atoms with Crippen LogP contribution < -0.4 is 0 Å². The molecule has 0 radical (unpaired) electrons. The van der Waals surface area contributed by atoms with E-state index in [0.29, 0.717) is 6.61 Å². The van der Waals surface area contributed by atoms with Gasteiger partial charge in [0.2, 0.25) is 0 Å². The molecule has 5 unspecified atom stereocenters. The first-order valence-electron chi connectivity index (χ1n) is 11.1. The lowest BCUT2D eigenvalue weighted by molar-refractivity contribution is -0.137. The quantitative estimate of drug-likeness (QED) is 0.286. The molecule has 27 heavy (non-hydrogen) atoms. The largest absolute Gasteiger partial charge is 0.463 e. The minimum Gasteiger partial charge on any atom is -0.463 e. The van der Waals surface area contributed by atoms with E-state index in [1.165, 1.54) is 44.9 Å². The molecule has 0 saturated heterocycles. The zero-order chi connectivity index (χ0) is 20.8. The lowest BCUT2D eigenvalue weighted by Gasteiger charge is -2.47. The van der Waals surface area contributed by atoms with E-state index >= 15 is 0 Å². The maximum Gasteiger partial charge on any atom is 0.330 e. The summed E-state index contributed by atoms with van der Waals surface area (Å²) in [5.41, 5.74) is 1.90. The number of hydrogen-bond acceptors (Lipinski definition) is 2. The van der Waals surface area contributed by atoms with E-state index in [1.807, 2.05) is 19.4 Å². The van der Waals surface area contributed by atoms with Crippen molar-refractivity contribution >= 4 is 5.97 Å². The average Bonchev–Trinajstić information content (AvgIpc) is 2.71. The number of rotatable bonds is 2. The van der Waals surface area contributed by atoms with Crippen molar-refractivity contribution in [1.82, 2.24) is 0 Å². The molecule has 0 aromatic heterocycles. The van der Waals surface area contributed by atoms with Gasteiger partial charge in [-0.3, -0.25) is 0 Å². The third-order valence-corrected chi connectivity index (χ3v) is 6.07. The smallest absolute Gasteiger partial charge is 0.330 e. The summed E-state index contributed by atoms with van der Waals surface area (Å²) in [7, 11) is 0. The summed E-state index contributed by atoms with van der Waals surface area (Å²) in [6.45, 7) is 20.3. The molecule has 0 N–H and O–H groups in total. The molecule has 2 nitrogen and oxygen atoms in total. The fraction of sp³-hybridized carbons (Fsp3) is 0.720. The monoisotopic (exact) mass is 376 g/mol. The Morgan fingerprint density at radius 3 is 2.41 bits per heavy atom. The zero-order valence-corrected chi connectivity index (χ0v) is 18.6. The van der Waals surface area contributed by atoms with E-state index in [4.69, 9.17) is 0 Å². The average molecular weight is 377 g/mol. The predicted octanol–water partition coefficient (Wildman–Crippen LogP) is 7.37. The highest BCUT2D eigenvalue weighted by Gasteiger charge is 2.40. The summed E-state index contributed by atoms with van der Waals surface area (Å²) < 4.78 is 4.43. The second-order valence-electron chi connectivity index (χ2n) is 7.69. The summed E-state index contributed by atoms with van der Waals surface area (Å²) in [4.78, 5) is 10.1. The van der Waals surface area contributed by atoms with Crippen LogP contribution in [0.5, 0.6) is 0 Å². The second-order valence-corrected chi connectivity index (χ2v) is 7.69. The van der Waals surface area contributed by atoms with Crippen LogP contribution in [0.2, 0.25) is 0 Å². The van der Waals surface area contributed by atoms with Crippen molar-refractivity contribution in [3.05, 3.63) is 37.5 Å². The fourth-order valence-corrected chi connectivity index (χ4v) is 4.94. The van der Waals surface area contributed by atoms with Crippen LogP contribution in [0.3, 0.4) is 0 Å². The SMILES string of the molecule is C=C.C=CC(=O)OCC.CC.CC1CC=C2C(CCC3C(C)CCCC23)C1. The minimum absolute atomic E-state index is 0.359. The van der Waals surface area contributed by atoms with Crippen LogP contribution in [0.15, 0.2) is 37.5 Å². The van der Waals surface area contributed by atoms with Crippen molar-refractivity contribution in [2.75, 3.05) is 6.61 Å². The highest BCUT2D eigenvalue weighted by atomic mass is 16.5. The summed E-state index contributed by atoms with van der Waals surface area (Å²) in [6, 6.07) is 0. The normalized spacial score (nSPS) is 30.7. The molecule has 2 fully saturated rings. The minimum atomic E-state index is -0.359. The molecule has 2 heteroatoms. The highest BCUT2D eigenvalue weighted by molar-refractivity contribution is 5.81. The molecule has 0 aromatic rings. The maximum atomic E-state index is 10.1. The molecule has 0 aliphatic heterocycles. The Balaban J connectivity index is 0.000000524. The van der Waals surface area contributed by atoms with Gasteiger partial charge in [-0.25, -0.2) is 4.79 Å². The summed E-state index contributed by atoms with van der Waals surface area (Å²) >= 11 is 0. The first kappa shape index (κ1) is 25.7. The van der Waals surface area contributed by atoms with Gasteiger partial charge in [0.25, 0.3) is 0 Å². The van der Waals surface area contributed by atoms with Crippen LogP contribution in [0.4, 0.5) is 0 Å². The van der Waals surface area contributed by atoms with Crippen molar-refractivity contribution in [1.29, 1.82) is 0 Å². The first-order valence-corrected chi connectivity index (χ1v) is 11.1. The van der Waals surface area contributed by atoms with Crippen LogP contribution in [-0.2, 0) is 9.53 Å². The Labute approximate surface area is 169 Å². The lowest BCUT2D eigenvalue weighted by Crippen LogP contribution is -2.36. The third kappa shape index (κ3) is 8.07. The molecule has 3 rings (SSSR count). The van der Waals surface area contributed by atoms with Gasteiger partial charge in [0.15, 0.2) is 0 Å². The van der Waals surface area contributed by atoms with Gasteiger partial charge >= 0.3 is 5.97 Å². The van der Waals surface area contributed by atoms with E-state index in [1.54, 1.807) is 6.92 Å². The molecule has 0 heterocycles. The number of hydrogen-bond donors (Lipinski definition) is 0. The van der Waals surface area contributed by atoms with Gasteiger partial charge < -0.3 is 4.74 Å². The van der Waals surface area contributed by atoms with Crippen LogP contribution in [0.1, 0.15) is 79.6 Å². The van der Waals surface area contributed by atoms with Gasteiger partial charge in [0, 0.05) is 6.08 Å². The molecule has 0 aromatic carbocycles. The fourth-order valence-electron chi connectivity index (χ4n) is 4.94. The van der Waals surface area contributed by atoms with Gasteiger partial charge in [-0.15, -0.1) is 13.2 Å². The predicted molar refractivity (Wildman–Crippen MR) is 119 cm³/mol. The summed E-state index contributed by atoms with van der Waals surface area (Å²) in [6.07, 6.45) is 14.2. The molecule has 2 saturated carbocycles. The van der Waals surface area contributed by atoms with Gasteiger partial charge in [-0.2, -0.15) is 0 Å². The Morgan fingerprint density at radius 2 is 1.85 bits per heavy atom. The molecule has 0 amide bonds. The second kappa shape index (κ2) is 14.7. The molecule has 3 aliphatic carbocycles. The van der Waals surface area contributed by atoms with Crippen LogP contribution in [0.25, 0.3) is 0 Å². The molecule has 0 spiro atoms. The molecular weight excluding hydrogens is 332 g/mol. The van der Waals surface area contributed by atoms with Crippen molar-refractivity contribution in [2.24, 2.45) is 29.6 Å². The Kier molecular flexibility index (Phi) is 14.0. The number of carbonyl (C=O) groups excluding carboxylic acids is 1. The Hall–Kier alpha value is -1.31. The number of fused-ring (bicyclic) bond motifs is 3. The molecule has 0 bridgehead atoms. The number of carbonyl (C=O) groups is 1. The van der Waals surface area contributed by atoms with Gasteiger partial charge in [0.05, 0.1) is 6.61 Å². The number of ether oxygens (including phenoxy) is 1. The maximum absolute atomic E-state index is 10.1. The first-order chi connectivity index (χ1) is 13.1. The third-order valence-electron chi connectivity index (χ3n) is 6.07.